The highest BCUT2D eigenvalue weighted by atomic mass is 32.2. The Balaban J connectivity index is 2.50. The van der Waals surface area contributed by atoms with Crippen molar-refractivity contribution in [3.8, 4) is 0 Å². The van der Waals surface area contributed by atoms with E-state index in [-0.39, 0.29) is 6.04 Å². The minimum absolute atomic E-state index is 0.182. The smallest absolute Gasteiger partial charge is 0.0556 e. The Morgan fingerprint density at radius 3 is 3.06 bits per heavy atom. The topological polar surface area (TPSA) is 50.9 Å². The van der Waals surface area contributed by atoms with E-state index in [0.717, 1.165) is 11.1 Å². The van der Waals surface area contributed by atoms with E-state index in [1.165, 1.54) is 10.9 Å². The zero-order chi connectivity index (χ0) is 11.4. The quantitative estimate of drug-likeness (QED) is 0.627. The van der Waals surface area contributed by atoms with Gasteiger partial charge in [-0.05, 0) is 23.3 Å². The summed E-state index contributed by atoms with van der Waals surface area (Å²) in [5, 5.41) is 2.37. The van der Waals surface area contributed by atoms with Gasteiger partial charge < -0.3 is 0 Å². The Labute approximate surface area is 99.4 Å². The number of pyridine rings is 1. The van der Waals surface area contributed by atoms with E-state index in [4.69, 9.17) is 5.84 Å². The highest BCUT2D eigenvalue weighted by Gasteiger charge is 2.11. The summed E-state index contributed by atoms with van der Waals surface area (Å²) in [6.45, 7) is 0. The first-order chi connectivity index (χ1) is 7.86. The van der Waals surface area contributed by atoms with Crippen LogP contribution >= 0.6 is 11.8 Å². The predicted octanol–water partition coefficient (Wildman–Crippen LogP) is 2.10. The van der Waals surface area contributed by atoms with E-state index in [0.29, 0.717) is 0 Å². The summed E-state index contributed by atoms with van der Waals surface area (Å²) in [7, 11) is 0. The number of nitrogens with one attached hydrogen (secondary N) is 1. The van der Waals surface area contributed by atoms with Crippen LogP contribution in [0.15, 0.2) is 36.7 Å². The van der Waals surface area contributed by atoms with Crippen LogP contribution in [0.25, 0.3) is 10.8 Å². The van der Waals surface area contributed by atoms with Crippen molar-refractivity contribution in [2.45, 2.75) is 6.04 Å². The van der Waals surface area contributed by atoms with E-state index >= 15 is 0 Å². The largest absolute Gasteiger partial charge is 0.271 e. The second kappa shape index (κ2) is 5.30. The minimum Gasteiger partial charge on any atom is -0.271 e. The van der Waals surface area contributed by atoms with Crippen molar-refractivity contribution >= 4 is 22.5 Å². The molecule has 0 aliphatic heterocycles. The molecule has 3 N–H and O–H groups in total. The fourth-order valence-corrected chi connectivity index (χ4v) is 2.45. The number of nitrogens with zero attached hydrogens (tertiary/aromatic N) is 1. The first-order valence-electron chi connectivity index (χ1n) is 5.14. The Hall–Kier alpha value is -1.10. The number of hydrogen-bond acceptors (Lipinski definition) is 4. The van der Waals surface area contributed by atoms with Gasteiger partial charge in [-0.25, -0.2) is 0 Å². The van der Waals surface area contributed by atoms with Crippen LogP contribution in [0.2, 0.25) is 0 Å². The zero-order valence-electron chi connectivity index (χ0n) is 9.18. The van der Waals surface area contributed by atoms with Crippen LogP contribution in [0.4, 0.5) is 0 Å². The summed E-state index contributed by atoms with van der Waals surface area (Å²) >= 11 is 1.78. The maximum Gasteiger partial charge on any atom is 0.0556 e. The van der Waals surface area contributed by atoms with Crippen molar-refractivity contribution in [2.75, 3.05) is 12.0 Å². The summed E-state index contributed by atoms with van der Waals surface area (Å²) in [5.41, 5.74) is 4.10. The third-order valence-corrected chi connectivity index (χ3v) is 3.29. The number of rotatable bonds is 4. The van der Waals surface area contributed by atoms with Gasteiger partial charge in [0.05, 0.1) is 6.04 Å². The molecule has 2 rings (SSSR count). The molecule has 0 saturated heterocycles. The molecule has 4 heteroatoms. The summed E-state index contributed by atoms with van der Waals surface area (Å²) in [6.07, 6.45) is 5.78. The van der Waals surface area contributed by atoms with Crippen molar-refractivity contribution in [3.05, 3.63) is 42.2 Å². The molecule has 1 aromatic heterocycles. The van der Waals surface area contributed by atoms with Crippen LogP contribution in [0.5, 0.6) is 0 Å². The van der Waals surface area contributed by atoms with E-state index < -0.39 is 0 Å². The molecule has 1 heterocycles. The standard InChI is InChI=1S/C12H15N3S/c1-16-8-12(15-13)11-4-2-3-9-7-14-6-5-10(9)11/h2-7,12,15H,8,13H2,1H3. The third-order valence-electron chi connectivity index (χ3n) is 2.62. The Morgan fingerprint density at radius 2 is 2.31 bits per heavy atom. The molecule has 1 atom stereocenters. The fraction of sp³-hybridized carbons (Fsp3) is 0.250. The SMILES string of the molecule is CSCC(NN)c1cccc2cnccc12. The third kappa shape index (κ3) is 2.19. The van der Waals surface area contributed by atoms with Crippen molar-refractivity contribution in [2.24, 2.45) is 5.84 Å². The van der Waals surface area contributed by atoms with Crippen molar-refractivity contribution in [3.63, 3.8) is 0 Å². The fourth-order valence-electron chi connectivity index (χ4n) is 1.85. The molecule has 0 radical (unpaired) electrons. The van der Waals surface area contributed by atoms with Crippen molar-refractivity contribution in [1.82, 2.24) is 10.4 Å². The van der Waals surface area contributed by atoms with Gasteiger partial charge in [0.1, 0.15) is 0 Å². The molecule has 0 saturated carbocycles. The molecule has 0 spiro atoms. The van der Waals surface area contributed by atoms with Crippen LogP contribution in [-0.4, -0.2) is 17.0 Å². The molecule has 0 aliphatic rings. The van der Waals surface area contributed by atoms with Crippen LogP contribution in [0.1, 0.15) is 11.6 Å². The summed E-state index contributed by atoms with van der Waals surface area (Å²) < 4.78 is 0. The van der Waals surface area contributed by atoms with Gasteiger partial charge >= 0.3 is 0 Å². The first-order valence-corrected chi connectivity index (χ1v) is 6.54. The monoisotopic (exact) mass is 233 g/mol. The predicted molar refractivity (Wildman–Crippen MR) is 70.2 cm³/mol. The van der Waals surface area contributed by atoms with Gasteiger partial charge in [-0.15, -0.1) is 0 Å². The summed E-state index contributed by atoms with van der Waals surface area (Å²) in [5.74, 6) is 6.56. The van der Waals surface area contributed by atoms with Gasteiger partial charge in [-0.2, -0.15) is 11.8 Å². The number of benzene rings is 1. The molecule has 1 unspecified atom stereocenters. The molecule has 3 nitrogen and oxygen atoms in total. The van der Waals surface area contributed by atoms with Gasteiger partial charge in [-0.1, -0.05) is 18.2 Å². The van der Waals surface area contributed by atoms with Crippen LogP contribution in [-0.2, 0) is 0 Å². The maximum absolute atomic E-state index is 5.60. The summed E-state index contributed by atoms with van der Waals surface area (Å²) in [4.78, 5) is 4.13. The number of aromatic nitrogens is 1. The average Bonchev–Trinajstić information content (AvgIpc) is 2.35. The second-order valence-corrected chi connectivity index (χ2v) is 4.53. The molecule has 0 aliphatic carbocycles. The number of nitrogens with two attached hydrogens (primary N) is 1. The van der Waals surface area contributed by atoms with Gasteiger partial charge in [0.25, 0.3) is 0 Å². The molecule has 0 amide bonds. The van der Waals surface area contributed by atoms with Crippen LogP contribution in [0.3, 0.4) is 0 Å². The molecule has 16 heavy (non-hydrogen) atoms. The van der Waals surface area contributed by atoms with E-state index in [1.807, 2.05) is 24.5 Å². The first kappa shape index (κ1) is 11.4. The highest BCUT2D eigenvalue weighted by Crippen LogP contribution is 2.24. The van der Waals surface area contributed by atoms with Gasteiger partial charge in [0, 0.05) is 23.5 Å². The molecular weight excluding hydrogens is 218 g/mol. The zero-order valence-corrected chi connectivity index (χ0v) is 10.00. The molecule has 0 bridgehead atoms. The van der Waals surface area contributed by atoms with Gasteiger partial charge in [-0.3, -0.25) is 16.3 Å². The minimum atomic E-state index is 0.182. The van der Waals surface area contributed by atoms with Crippen LogP contribution < -0.4 is 11.3 Å². The molecule has 2 aromatic rings. The van der Waals surface area contributed by atoms with E-state index in [2.05, 4.69) is 28.8 Å². The van der Waals surface area contributed by atoms with E-state index in [9.17, 15) is 0 Å². The number of hydrogen-bond donors (Lipinski definition) is 2. The second-order valence-electron chi connectivity index (χ2n) is 3.62. The van der Waals surface area contributed by atoms with Crippen molar-refractivity contribution in [1.29, 1.82) is 0 Å². The Bertz CT molecular complexity index is 467. The molecule has 1 aromatic carbocycles. The number of hydrazine groups is 1. The number of fused-ring (bicyclic) bond motifs is 1. The molecule has 0 fully saturated rings. The van der Waals surface area contributed by atoms with Gasteiger partial charge in [0.2, 0.25) is 0 Å². The van der Waals surface area contributed by atoms with Gasteiger partial charge in [0.15, 0.2) is 0 Å². The normalized spacial score (nSPS) is 12.9. The molecular formula is C12H15N3S. The lowest BCUT2D eigenvalue weighted by molar-refractivity contribution is 0.615. The average molecular weight is 233 g/mol. The Kier molecular flexibility index (Phi) is 3.77. The lowest BCUT2D eigenvalue weighted by Crippen LogP contribution is -2.29. The summed E-state index contributed by atoms with van der Waals surface area (Å²) in [6, 6.07) is 8.45. The lowest BCUT2D eigenvalue weighted by Gasteiger charge is -2.17. The number of thioether (sulfide) groups is 1. The Morgan fingerprint density at radius 1 is 1.44 bits per heavy atom. The maximum atomic E-state index is 5.60. The van der Waals surface area contributed by atoms with E-state index in [1.54, 1.807) is 11.8 Å². The van der Waals surface area contributed by atoms with Crippen molar-refractivity contribution < 1.29 is 0 Å². The highest BCUT2D eigenvalue weighted by molar-refractivity contribution is 7.98. The van der Waals surface area contributed by atoms with Crippen LogP contribution in [0, 0.1) is 0 Å². The lowest BCUT2D eigenvalue weighted by atomic mass is 10.0. The molecule has 84 valence electrons.